The van der Waals surface area contributed by atoms with Crippen molar-refractivity contribution in [2.75, 3.05) is 0 Å². The van der Waals surface area contributed by atoms with Crippen molar-refractivity contribution in [3.8, 4) is 11.5 Å². The summed E-state index contributed by atoms with van der Waals surface area (Å²) in [4.78, 5) is 0. The van der Waals surface area contributed by atoms with E-state index in [9.17, 15) is 0 Å². The van der Waals surface area contributed by atoms with E-state index in [1.165, 1.54) is 0 Å². The summed E-state index contributed by atoms with van der Waals surface area (Å²) in [5.74, 6) is 1.30. The summed E-state index contributed by atoms with van der Waals surface area (Å²) >= 11 is 0. The molecule has 2 aromatic rings. The first-order chi connectivity index (χ1) is 7.34. The van der Waals surface area contributed by atoms with Crippen LogP contribution in [-0.2, 0) is 6.61 Å². The number of rotatable bonds is 3. The van der Waals surface area contributed by atoms with Gasteiger partial charge in [0, 0.05) is 12.1 Å². The van der Waals surface area contributed by atoms with Crippen LogP contribution in [0.2, 0.25) is 0 Å². The molecule has 0 saturated carbocycles. The van der Waals surface area contributed by atoms with E-state index in [2.05, 4.69) is 0 Å². The van der Waals surface area contributed by atoms with Crippen molar-refractivity contribution in [3.63, 3.8) is 0 Å². The lowest BCUT2D eigenvalue weighted by Gasteiger charge is -2.05. The molecule has 2 rings (SSSR count). The zero-order valence-electron chi connectivity index (χ0n) is 8.31. The first-order valence-electron chi connectivity index (χ1n) is 4.83. The minimum Gasteiger partial charge on any atom is -0.593 e. The number of benzene rings is 2. The normalized spacial score (nSPS) is 9.87. The molecule has 76 valence electrons. The zero-order valence-corrected chi connectivity index (χ0v) is 8.31. The Morgan fingerprint density at radius 3 is 2.20 bits per heavy atom. The fourth-order valence-corrected chi connectivity index (χ4v) is 1.29. The second-order valence-electron chi connectivity index (χ2n) is 3.30. The minimum atomic E-state index is 0.502. The predicted molar refractivity (Wildman–Crippen MR) is 60.3 cm³/mol. The van der Waals surface area contributed by atoms with E-state index in [1.54, 1.807) is 12.1 Å². The SMILES string of the molecule is [OH2+]c1ccc(OCc2ccccc2)cc1. The van der Waals surface area contributed by atoms with Crippen molar-refractivity contribution in [1.82, 2.24) is 0 Å². The van der Waals surface area contributed by atoms with Gasteiger partial charge >= 0.3 is 0 Å². The number of hydrogen-bond acceptors (Lipinski definition) is 1. The third-order valence-electron chi connectivity index (χ3n) is 2.10. The molecule has 0 atom stereocenters. The lowest BCUT2D eigenvalue weighted by Crippen LogP contribution is -1.94. The molecule has 0 heterocycles. The second kappa shape index (κ2) is 4.51. The highest BCUT2D eigenvalue weighted by Gasteiger charge is 1.96. The number of hydrogen-bond donors (Lipinski definition) is 0. The van der Waals surface area contributed by atoms with Crippen LogP contribution >= 0.6 is 0 Å². The maximum Gasteiger partial charge on any atom is 0.254 e. The van der Waals surface area contributed by atoms with Crippen molar-refractivity contribution in [2.24, 2.45) is 0 Å². The fourth-order valence-electron chi connectivity index (χ4n) is 1.29. The molecule has 0 amide bonds. The monoisotopic (exact) mass is 201 g/mol. The molecule has 0 aliphatic carbocycles. The summed E-state index contributed by atoms with van der Waals surface area (Å²) in [5, 5.41) is 7.33. The van der Waals surface area contributed by atoms with E-state index >= 15 is 0 Å². The third kappa shape index (κ3) is 2.74. The molecule has 0 spiro atoms. The molecule has 2 N–H and O–H groups in total. The van der Waals surface area contributed by atoms with Crippen LogP contribution in [0.1, 0.15) is 5.56 Å². The molecule has 0 aliphatic rings. The molecule has 0 aromatic heterocycles. The van der Waals surface area contributed by atoms with Gasteiger partial charge < -0.3 is 9.84 Å². The van der Waals surface area contributed by atoms with E-state index in [0.29, 0.717) is 12.4 Å². The topological polar surface area (TPSA) is 32.1 Å². The Labute approximate surface area is 88.8 Å². The highest BCUT2D eigenvalue weighted by Crippen LogP contribution is 2.17. The quantitative estimate of drug-likeness (QED) is 0.702. The summed E-state index contributed by atoms with van der Waals surface area (Å²) in [6.45, 7) is 0.568. The molecular weight excluding hydrogens is 188 g/mol. The van der Waals surface area contributed by atoms with Crippen molar-refractivity contribution >= 4 is 0 Å². The maximum absolute atomic E-state index is 7.33. The molecule has 15 heavy (non-hydrogen) atoms. The van der Waals surface area contributed by atoms with E-state index in [1.807, 2.05) is 42.5 Å². The average Bonchev–Trinajstić information content (AvgIpc) is 2.30. The lowest BCUT2D eigenvalue weighted by atomic mass is 10.2. The van der Waals surface area contributed by atoms with E-state index in [-0.39, 0.29) is 0 Å². The Kier molecular flexibility index (Phi) is 2.88. The summed E-state index contributed by atoms with van der Waals surface area (Å²) < 4.78 is 5.56. The van der Waals surface area contributed by atoms with Crippen LogP contribution in [0.15, 0.2) is 54.6 Å². The molecule has 2 nitrogen and oxygen atoms in total. The Morgan fingerprint density at radius 1 is 0.867 bits per heavy atom. The van der Waals surface area contributed by atoms with Crippen molar-refractivity contribution < 1.29 is 9.84 Å². The minimum absolute atomic E-state index is 0.502. The van der Waals surface area contributed by atoms with E-state index in [4.69, 9.17) is 9.84 Å². The highest BCUT2D eigenvalue weighted by molar-refractivity contribution is 5.30. The first-order valence-corrected chi connectivity index (χ1v) is 4.83. The van der Waals surface area contributed by atoms with Gasteiger partial charge in [-0.05, 0) is 17.7 Å². The van der Waals surface area contributed by atoms with Gasteiger partial charge in [-0.25, -0.2) is 0 Å². The van der Waals surface area contributed by atoms with Crippen LogP contribution < -0.4 is 4.74 Å². The highest BCUT2D eigenvalue weighted by atomic mass is 16.5. The van der Waals surface area contributed by atoms with Gasteiger partial charge in [0.15, 0.2) is 0 Å². The van der Waals surface area contributed by atoms with Gasteiger partial charge in [0.05, 0.1) is 0 Å². The smallest absolute Gasteiger partial charge is 0.254 e. The molecule has 0 saturated heterocycles. The summed E-state index contributed by atoms with van der Waals surface area (Å²) in [6.07, 6.45) is 0. The molecule has 0 aliphatic heterocycles. The first kappa shape index (κ1) is 9.59. The van der Waals surface area contributed by atoms with Crippen molar-refractivity contribution in [3.05, 3.63) is 60.2 Å². The Morgan fingerprint density at radius 2 is 1.53 bits per heavy atom. The second-order valence-corrected chi connectivity index (χ2v) is 3.30. The predicted octanol–water partition coefficient (Wildman–Crippen LogP) is 2.70. The van der Waals surface area contributed by atoms with Crippen LogP contribution in [0.25, 0.3) is 0 Å². The van der Waals surface area contributed by atoms with Gasteiger partial charge in [0.25, 0.3) is 5.75 Å². The van der Waals surface area contributed by atoms with Crippen LogP contribution in [0, 0.1) is 0 Å². The van der Waals surface area contributed by atoms with Gasteiger partial charge in [-0.2, -0.15) is 0 Å². The van der Waals surface area contributed by atoms with Gasteiger partial charge in [-0.1, -0.05) is 30.3 Å². The molecule has 0 unspecified atom stereocenters. The molecule has 2 aromatic carbocycles. The van der Waals surface area contributed by atoms with Crippen molar-refractivity contribution in [2.45, 2.75) is 6.61 Å². The van der Waals surface area contributed by atoms with Crippen molar-refractivity contribution in [1.29, 1.82) is 0 Å². The molecule has 0 bridgehead atoms. The molecule has 2 heteroatoms. The van der Waals surface area contributed by atoms with Crippen LogP contribution in [0.3, 0.4) is 0 Å². The van der Waals surface area contributed by atoms with Crippen LogP contribution in [-0.4, -0.2) is 5.11 Å². The summed E-state index contributed by atoms with van der Waals surface area (Å²) in [5.41, 5.74) is 1.15. The standard InChI is InChI=1S/C13H12O2/c14-12-6-8-13(9-7-12)15-10-11-4-2-1-3-5-11/h1-9,14H,10H2/p+1. The lowest BCUT2D eigenvalue weighted by molar-refractivity contribution is 0.305. The Hall–Kier alpha value is -1.96. The van der Waals surface area contributed by atoms with Crippen LogP contribution in [0.4, 0.5) is 0 Å². The molecule has 0 radical (unpaired) electrons. The van der Waals surface area contributed by atoms with Gasteiger partial charge in [0.2, 0.25) is 0 Å². The number of ether oxygens (including phenoxy) is 1. The average molecular weight is 201 g/mol. The van der Waals surface area contributed by atoms with E-state index < -0.39 is 0 Å². The zero-order chi connectivity index (χ0) is 10.5. The van der Waals surface area contributed by atoms with Gasteiger partial charge in [-0.15, -0.1) is 0 Å². The fraction of sp³-hybridized carbons (Fsp3) is 0.0769. The van der Waals surface area contributed by atoms with Gasteiger partial charge in [-0.3, -0.25) is 0 Å². The molecule has 0 fully saturated rings. The summed E-state index contributed by atoms with van der Waals surface area (Å²) in [7, 11) is 0. The summed E-state index contributed by atoms with van der Waals surface area (Å²) in [6, 6.07) is 17.1. The van der Waals surface area contributed by atoms with Crippen LogP contribution in [0.5, 0.6) is 11.5 Å². The van der Waals surface area contributed by atoms with E-state index in [0.717, 1.165) is 11.3 Å². The Bertz CT molecular complexity index is 406. The molecular formula is C13H13O2+. The maximum atomic E-state index is 7.33. The third-order valence-corrected chi connectivity index (χ3v) is 2.10. The largest absolute Gasteiger partial charge is 0.593 e. The van der Waals surface area contributed by atoms with Gasteiger partial charge in [0.1, 0.15) is 12.4 Å². The Balaban J connectivity index is 1.96.